The molecule has 0 bridgehead atoms. The zero-order valence-corrected chi connectivity index (χ0v) is 11.5. The Morgan fingerprint density at radius 1 is 1.44 bits per heavy atom. The van der Waals surface area contributed by atoms with Crippen molar-refractivity contribution in [1.29, 1.82) is 0 Å². The number of thiazole rings is 1. The third-order valence-electron chi connectivity index (χ3n) is 2.29. The topological polar surface area (TPSA) is 34.1 Å². The Morgan fingerprint density at radius 2 is 2.19 bits per heavy atom. The first-order valence-electron chi connectivity index (χ1n) is 5.85. The van der Waals surface area contributed by atoms with Gasteiger partial charge in [0.2, 0.25) is 0 Å². The molecular weight excluding hydrogens is 220 g/mol. The Morgan fingerprint density at radius 3 is 2.75 bits per heavy atom. The number of aryl methyl sites for hydroxylation is 1. The lowest BCUT2D eigenvalue weighted by atomic mass is 10.1. The summed E-state index contributed by atoms with van der Waals surface area (Å²) in [5.41, 5.74) is -0.0903. The predicted molar refractivity (Wildman–Crippen MR) is 68.9 cm³/mol. The molecule has 0 aliphatic rings. The molecule has 1 aromatic rings. The standard InChI is InChI=1S/C12H22N2OS/c1-5-11-14-8-10(16-11)7-13-9-12(3,4)15-6-2/h8,13H,5-7,9H2,1-4H3. The fraction of sp³-hybridized carbons (Fsp3) is 0.750. The molecule has 1 N–H and O–H groups in total. The first kappa shape index (κ1) is 13.6. The van der Waals surface area contributed by atoms with Crippen LogP contribution in [0.25, 0.3) is 0 Å². The van der Waals surface area contributed by atoms with E-state index in [0.29, 0.717) is 0 Å². The van der Waals surface area contributed by atoms with Crippen molar-refractivity contribution >= 4 is 11.3 Å². The van der Waals surface area contributed by atoms with Crippen molar-refractivity contribution in [2.24, 2.45) is 0 Å². The van der Waals surface area contributed by atoms with Crippen LogP contribution in [0, 0.1) is 0 Å². The van der Waals surface area contributed by atoms with Gasteiger partial charge in [0.15, 0.2) is 0 Å². The maximum atomic E-state index is 5.62. The molecule has 0 aliphatic heterocycles. The number of nitrogens with one attached hydrogen (secondary N) is 1. The number of aromatic nitrogens is 1. The summed E-state index contributed by atoms with van der Waals surface area (Å²) in [6, 6.07) is 0. The van der Waals surface area contributed by atoms with Crippen molar-refractivity contribution in [1.82, 2.24) is 10.3 Å². The Bertz CT molecular complexity index is 310. The van der Waals surface area contributed by atoms with Gasteiger partial charge >= 0.3 is 0 Å². The third kappa shape index (κ3) is 4.60. The van der Waals surface area contributed by atoms with Gasteiger partial charge in [-0.05, 0) is 27.2 Å². The van der Waals surface area contributed by atoms with Crippen LogP contribution < -0.4 is 5.32 Å². The Balaban J connectivity index is 2.29. The lowest BCUT2D eigenvalue weighted by molar-refractivity contribution is -0.00893. The van der Waals surface area contributed by atoms with Crippen molar-refractivity contribution in [2.45, 2.75) is 46.3 Å². The van der Waals surface area contributed by atoms with Crippen LogP contribution in [0.2, 0.25) is 0 Å². The molecule has 0 radical (unpaired) electrons. The van der Waals surface area contributed by atoms with E-state index in [2.05, 4.69) is 31.1 Å². The van der Waals surface area contributed by atoms with Crippen LogP contribution in [0.5, 0.6) is 0 Å². The van der Waals surface area contributed by atoms with Gasteiger partial charge in [-0.3, -0.25) is 0 Å². The summed E-state index contributed by atoms with van der Waals surface area (Å²) in [5, 5.41) is 4.62. The van der Waals surface area contributed by atoms with Crippen LogP contribution in [0.15, 0.2) is 6.20 Å². The van der Waals surface area contributed by atoms with Crippen molar-refractivity contribution < 1.29 is 4.74 Å². The van der Waals surface area contributed by atoms with E-state index in [1.807, 2.05) is 13.1 Å². The lowest BCUT2D eigenvalue weighted by Gasteiger charge is -2.24. The van der Waals surface area contributed by atoms with Crippen molar-refractivity contribution in [2.75, 3.05) is 13.2 Å². The summed E-state index contributed by atoms with van der Waals surface area (Å²) >= 11 is 1.78. The van der Waals surface area contributed by atoms with E-state index in [-0.39, 0.29) is 5.60 Å². The smallest absolute Gasteiger partial charge is 0.0925 e. The predicted octanol–water partition coefficient (Wildman–Crippen LogP) is 2.61. The molecule has 0 atom stereocenters. The highest BCUT2D eigenvalue weighted by Gasteiger charge is 2.16. The van der Waals surface area contributed by atoms with Crippen LogP contribution >= 0.6 is 11.3 Å². The van der Waals surface area contributed by atoms with Crippen LogP contribution in [-0.4, -0.2) is 23.7 Å². The molecule has 16 heavy (non-hydrogen) atoms. The molecule has 1 aromatic heterocycles. The fourth-order valence-corrected chi connectivity index (χ4v) is 2.35. The average Bonchev–Trinajstić information content (AvgIpc) is 2.65. The zero-order valence-electron chi connectivity index (χ0n) is 10.7. The molecule has 0 aromatic carbocycles. The minimum absolute atomic E-state index is 0.0903. The molecule has 3 nitrogen and oxygen atoms in total. The highest BCUT2D eigenvalue weighted by molar-refractivity contribution is 7.11. The molecule has 0 spiro atoms. The summed E-state index contributed by atoms with van der Waals surface area (Å²) < 4.78 is 5.62. The highest BCUT2D eigenvalue weighted by Crippen LogP contribution is 2.13. The maximum Gasteiger partial charge on any atom is 0.0925 e. The number of hydrogen-bond acceptors (Lipinski definition) is 4. The molecule has 1 heterocycles. The van der Waals surface area contributed by atoms with E-state index in [0.717, 1.165) is 26.1 Å². The number of rotatable bonds is 7. The minimum atomic E-state index is -0.0903. The molecule has 92 valence electrons. The first-order chi connectivity index (χ1) is 7.57. The Hall–Kier alpha value is -0.450. The van der Waals surface area contributed by atoms with Crippen LogP contribution in [0.4, 0.5) is 0 Å². The van der Waals surface area contributed by atoms with Crippen molar-refractivity contribution in [3.8, 4) is 0 Å². The van der Waals surface area contributed by atoms with Crippen LogP contribution in [-0.2, 0) is 17.7 Å². The number of ether oxygens (including phenoxy) is 1. The summed E-state index contributed by atoms with van der Waals surface area (Å²) in [4.78, 5) is 5.63. The Labute approximate surface area is 102 Å². The molecule has 4 heteroatoms. The molecule has 0 saturated carbocycles. The van der Waals surface area contributed by atoms with Gasteiger partial charge in [0.1, 0.15) is 0 Å². The second kappa shape index (κ2) is 6.33. The van der Waals surface area contributed by atoms with E-state index in [4.69, 9.17) is 4.74 Å². The monoisotopic (exact) mass is 242 g/mol. The minimum Gasteiger partial charge on any atom is -0.375 e. The largest absolute Gasteiger partial charge is 0.375 e. The van der Waals surface area contributed by atoms with Gasteiger partial charge in [-0.15, -0.1) is 11.3 Å². The average molecular weight is 242 g/mol. The normalized spacial score (nSPS) is 12.0. The fourth-order valence-electron chi connectivity index (χ4n) is 1.52. The van der Waals surface area contributed by atoms with Gasteiger partial charge in [-0.2, -0.15) is 0 Å². The van der Waals surface area contributed by atoms with Gasteiger partial charge in [-0.1, -0.05) is 6.92 Å². The molecule has 0 saturated heterocycles. The van der Waals surface area contributed by atoms with E-state index < -0.39 is 0 Å². The van der Waals surface area contributed by atoms with Crippen LogP contribution in [0.3, 0.4) is 0 Å². The molecule has 1 rings (SSSR count). The van der Waals surface area contributed by atoms with Crippen LogP contribution in [0.1, 0.15) is 37.6 Å². The summed E-state index contributed by atoms with van der Waals surface area (Å²) in [6.45, 7) is 10.9. The van der Waals surface area contributed by atoms with E-state index >= 15 is 0 Å². The molecule has 0 aliphatic carbocycles. The zero-order chi connectivity index (χ0) is 12.0. The molecular formula is C12H22N2OS. The quantitative estimate of drug-likeness (QED) is 0.798. The maximum absolute atomic E-state index is 5.62. The van der Waals surface area contributed by atoms with E-state index in [1.165, 1.54) is 9.88 Å². The number of hydrogen-bond donors (Lipinski definition) is 1. The van der Waals surface area contributed by atoms with Gasteiger partial charge in [0, 0.05) is 30.8 Å². The van der Waals surface area contributed by atoms with Gasteiger partial charge in [0.25, 0.3) is 0 Å². The summed E-state index contributed by atoms with van der Waals surface area (Å²) in [5.74, 6) is 0. The molecule has 0 unspecified atom stereocenters. The van der Waals surface area contributed by atoms with Crippen molar-refractivity contribution in [3.63, 3.8) is 0 Å². The second-order valence-electron chi connectivity index (χ2n) is 4.37. The first-order valence-corrected chi connectivity index (χ1v) is 6.67. The second-order valence-corrected chi connectivity index (χ2v) is 5.57. The third-order valence-corrected chi connectivity index (χ3v) is 3.43. The number of nitrogens with zero attached hydrogens (tertiary/aromatic N) is 1. The SMILES string of the molecule is CCOC(C)(C)CNCc1cnc(CC)s1. The highest BCUT2D eigenvalue weighted by atomic mass is 32.1. The van der Waals surface area contributed by atoms with Gasteiger partial charge in [0.05, 0.1) is 10.6 Å². The summed E-state index contributed by atoms with van der Waals surface area (Å²) in [7, 11) is 0. The Kier molecular flexibility index (Phi) is 5.38. The summed E-state index contributed by atoms with van der Waals surface area (Å²) in [6.07, 6.45) is 2.99. The van der Waals surface area contributed by atoms with Crippen molar-refractivity contribution in [3.05, 3.63) is 16.1 Å². The van der Waals surface area contributed by atoms with E-state index in [9.17, 15) is 0 Å². The molecule has 0 amide bonds. The lowest BCUT2D eigenvalue weighted by Crippen LogP contribution is -2.37. The van der Waals surface area contributed by atoms with E-state index in [1.54, 1.807) is 11.3 Å². The molecule has 0 fully saturated rings. The van der Waals surface area contributed by atoms with Gasteiger partial charge < -0.3 is 10.1 Å². The van der Waals surface area contributed by atoms with Gasteiger partial charge in [-0.25, -0.2) is 4.98 Å².